The van der Waals surface area contributed by atoms with Crippen molar-refractivity contribution in [3.05, 3.63) is 77.5 Å². The van der Waals surface area contributed by atoms with Gasteiger partial charge in [0.15, 0.2) is 5.11 Å². The van der Waals surface area contributed by atoms with Crippen molar-refractivity contribution in [1.82, 2.24) is 24.8 Å². The van der Waals surface area contributed by atoms with Crippen LogP contribution in [0.2, 0.25) is 5.02 Å². The number of hydrogen-bond donors (Lipinski definition) is 1. The molecule has 30 heavy (non-hydrogen) atoms. The Balaban J connectivity index is 1.60. The lowest BCUT2D eigenvalue weighted by Gasteiger charge is -2.37. The molecule has 5 nitrogen and oxygen atoms in total. The average molecular weight is 438 g/mol. The third-order valence-electron chi connectivity index (χ3n) is 6.15. The number of pyridine rings is 2. The van der Waals surface area contributed by atoms with Gasteiger partial charge in [0.05, 0.1) is 22.8 Å². The maximum atomic E-state index is 6.07. The van der Waals surface area contributed by atoms with Gasteiger partial charge in [-0.2, -0.15) is 0 Å². The van der Waals surface area contributed by atoms with Crippen LogP contribution in [0.3, 0.4) is 0 Å². The van der Waals surface area contributed by atoms with Crippen LogP contribution in [0.5, 0.6) is 0 Å². The fraction of sp³-hybridized carbons (Fsp3) is 0.348. The minimum Gasteiger partial charge on any atom is -0.352 e. The van der Waals surface area contributed by atoms with E-state index in [0.29, 0.717) is 11.1 Å². The first-order valence-electron chi connectivity index (χ1n) is 10.5. The first-order chi connectivity index (χ1) is 14.7. The zero-order chi connectivity index (χ0) is 20.5. The SMILES string of the molecule is S=C1N[C@@H](c2ccccn2)[C@H](c2cccn2-c2ccc(Cl)cn2)N1C1CCCCC1. The standard InChI is InChI=1S/C23H24ClN5S/c24-16-11-12-20(26-15-16)28-14-6-10-19(28)22-21(18-9-4-5-13-25-18)27-23(30)29(22)17-7-2-1-3-8-17/h4-6,9-15,17,21-22H,1-3,7-8H2,(H,27,30)/t21-,22-/m0/s1. The highest BCUT2D eigenvalue weighted by atomic mass is 35.5. The van der Waals surface area contributed by atoms with Gasteiger partial charge in [0.25, 0.3) is 0 Å². The van der Waals surface area contributed by atoms with Crippen LogP contribution < -0.4 is 5.32 Å². The van der Waals surface area contributed by atoms with Crippen molar-refractivity contribution < 1.29 is 0 Å². The molecular weight excluding hydrogens is 414 g/mol. The molecular formula is C23H24ClN5S. The molecule has 0 spiro atoms. The van der Waals surface area contributed by atoms with E-state index in [1.165, 1.54) is 32.1 Å². The van der Waals surface area contributed by atoms with E-state index < -0.39 is 0 Å². The second-order valence-corrected chi connectivity index (χ2v) is 8.79. The minimum atomic E-state index is -0.0124. The highest BCUT2D eigenvalue weighted by Gasteiger charge is 2.44. The molecule has 2 fully saturated rings. The molecule has 0 radical (unpaired) electrons. The Kier molecular flexibility index (Phi) is 5.44. The van der Waals surface area contributed by atoms with E-state index in [2.05, 4.69) is 49.1 Å². The van der Waals surface area contributed by atoms with E-state index in [1.54, 1.807) is 6.20 Å². The van der Waals surface area contributed by atoms with Crippen molar-refractivity contribution in [3.8, 4) is 5.82 Å². The molecule has 5 rings (SSSR count). The Bertz CT molecular complexity index is 1010. The Hall–Kier alpha value is -2.44. The van der Waals surface area contributed by atoms with Gasteiger partial charge >= 0.3 is 0 Å². The normalized spacial score (nSPS) is 22.3. The first-order valence-corrected chi connectivity index (χ1v) is 11.3. The van der Waals surface area contributed by atoms with Gasteiger partial charge in [-0.15, -0.1) is 0 Å². The molecule has 0 unspecified atom stereocenters. The molecule has 1 saturated heterocycles. The predicted molar refractivity (Wildman–Crippen MR) is 123 cm³/mol. The van der Waals surface area contributed by atoms with E-state index in [9.17, 15) is 0 Å². The first kappa shape index (κ1) is 19.5. The number of hydrogen-bond acceptors (Lipinski definition) is 3. The van der Waals surface area contributed by atoms with Gasteiger partial charge < -0.3 is 14.8 Å². The fourth-order valence-electron chi connectivity index (χ4n) is 4.79. The van der Waals surface area contributed by atoms with Crippen LogP contribution in [-0.2, 0) is 0 Å². The summed E-state index contributed by atoms with van der Waals surface area (Å²) in [7, 11) is 0. The van der Waals surface area contributed by atoms with E-state index in [0.717, 1.165) is 22.3 Å². The largest absolute Gasteiger partial charge is 0.352 e. The van der Waals surface area contributed by atoms with E-state index in [-0.39, 0.29) is 12.1 Å². The topological polar surface area (TPSA) is 46.0 Å². The molecule has 1 aliphatic heterocycles. The van der Waals surface area contributed by atoms with Gasteiger partial charge in [-0.05, 0) is 61.5 Å². The lowest BCUT2D eigenvalue weighted by Crippen LogP contribution is -2.40. The summed E-state index contributed by atoms with van der Waals surface area (Å²) >= 11 is 11.9. The molecule has 4 heterocycles. The van der Waals surface area contributed by atoms with Crippen molar-refractivity contribution in [3.63, 3.8) is 0 Å². The summed E-state index contributed by atoms with van der Waals surface area (Å²) in [5, 5.41) is 5.03. The summed E-state index contributed by atoms with van der Waals surface area (Å²) in [6, 6.07) is 14.6. The Morgan fingerprint density at radius 2 is 1.87 bits per heavy atom. The molecule has 0 aromatic carbocycles. The Morgan fingerprint density at radius 3 is 2.60 bits per heavy atom. The summed E-state index contributed by atoms with van der Waals surface area (Å²) in [4.78, 5) is 11.6. The lowest BCUT2D eigenvalue weighted by molar-refractivity contribution is 0.193. The van der Waals surface area contributed by atoms with Crippen molar-refractivity contribution in [2.45, 2.75) is 50.2 Å². The Labute approximate surface area is 187 Å². The number of halogens is 1. The lowest BCUT2D eigenvalue weighted by atomic mass is 9.92. The molecule has 2 atom stereocenters. The molecule has 0 amide bonds. The van der Waals surface area contributed by atoms with Gasteiger partial charge in [0, 0.05) is 30.3 Å². The fourth-order valence-corrected chi connectivity index (χ4v) is 5.29. The summed E-state index contributed by atoms with van der Waals surface area (Å²) in [5.74, 6) is 0.848. The monoisotopic (exact) mass is 437 g/mol. The van der Waals surface area contributed by atoms with E-state index >= 15 is 0 Å². The summed E-state index contributed by atoms with van der Waals surface area (Å²) in [6.45, 7) is 0. The molecule has 1 aliphatic carbocycles. The number of nitrogens with zero attached hydrogens (tertiary/aromatic N) is 4. The molecule has 3 aromatic heterocycles. The van der Waals surface area contributed by atoms with E-state index in [1.807, 2.05) is 30.5 Å². The smallest absolute Gasteiger partial charge is 0.170 e. The molecule has 7 heteroatoms. The van der Waals surface area contributed by atoms with Crippen LogP contribution >= 0.6 is 23.8 Å². The average Bonchev–Trinajstić information content (AvgIpc) is 3.40. The highest BCUT2D eigenvalue weighted by molar-refractivity contribution is 7.80. The van der Waals surface area contributed by atoms with Crippen molar-refractivity contribution in [2.24, 2.45) is 0 Å². The summed E-state index contributed by atoms with van der Waals surface area (Å²) < 4.78 is 2.14. The van der Waals surface area contributed by atoms with Gasteiger partial charge in [-0.3, -0.25) is 4.98 Å². The minimum absolute atomic E-state index is 0.0124. The van der Waals surface area contributed by atoms with Crippen LogP contribution in [0.25, 0.3) is 5.82 Å². The van der Waals surface area contributed by atoms with Gasteiger partial charge in [0.1, 0.15) is 5.82 Å². The molecule has 1 saturated carbocycles. The van der Waals surface area contributed by atoms with Gasteiger partial charge in [-0.1, -0.05) is 36.9 Å². The van der Waals surface area contributed by atoms with Crippen molar-refractivity contribution in [1.29, 1.82) is 0 Å². The van der Waals surface area contributed by atoms with Crippen molar-refractivity contribution >= 4 is 28.9 Å². The third-order valence-corrected chi connectivity index (χ3v) is 6.70. The molecule has 0 bridgehead atoms. The number of aromatic nitrogens is 3. The second-order valence-electron chi connectivity index (χ2n) is 7.96. The highest BCUT2D eigenvalue weighted by Crippen LogP contribution is 2.42. The van der Waals surface area contributed by atoms with Crippen LogP contribution in [0, 0.1) is 0 Å². The number of nitrogens with one attached hydrogen (secondary N) is 1. The van der Waals surface area contributed by atoms with E-state index in [4.69, 9.17) is 23.8 Å². The molecule has 2 aliphatic rings. The van der Waals surface area contributed by atoms with Crippen LogP contribution in [0.1, 0.15) is 55.6 Å². The maximum absolute atomic E-state index is 6.07. The third kappa shape index (κ3) is 3.59. The molecule has 3 aromatic rings. The van der Waals surface area contributed by atoms with Crippen LogP contribution in [0.4, 0.5) is 0 Å². The zero-order valence-corrected chi connectivity index (χ0v) is 18.2. The second kappa shape index (κ2) is 8.36. The number of thiocarbonyl (C=S) groups is 1. The summed E-state index contributed by atoms with van der Waals surface area (Å²) in [6.07, 6.45) is 11.8. The number of rotatable bonds is 4. The van der Waals surface area contributed by atoms with Gasteiger partial charge in [0.2, 0.25) is 0 Å². The van der Waals surface area contributed by atoms with Crippen molar-refractivity contribution in [2.75, 3.05) is 0 Å². The maximum Gasteiger partial charge on any atom is 0.170 e. The van der Waals surface area contributed by atoms with Gasteiger partial charge in [-0.25, -0.2) is 4.98 Å². The predicted octanol–water partition coefficient (Wildman–Crippen LogP) is 5.23. The zero-order valence-electron chi connectivity index (χ0n) is 16.6. The molecule has 154 valence electrons. The quantitative estimate of drug-likeness (QED) is 0.566. The molecule has 1 N–H and O–H groups in total. The van der Waals surface area contributed by atoms with Crippen LogP contribution in [-0.4, -0.2) is 30.6 Å². The van der Waals surface area contributed by atoms with Crippen LogP contribution in [0.15, 0.2) is 61.1 Å². The Morgan fingerprint density at radius 1 is 1.00 bits per heavy atom. The summed E-state index contributed by atoms with van der Waals surface area (Å²) in [5.41, 5.74) is 2.15.